The van der Waals surface area contributed by atoms with Gasteiger partial charge in [0.1, 0.15) is 0 Å². The van der Waals surface area contributed by atoms with Crippen LogP contribution in [0, 0.1) is 23.7 Å². The van der Waals surface area contributed by atoms with Gasteiger partial charge >= 0.3 is 0 Å². The number of carbonyl (C=O) groups excluding carboxylic acids is 1. The van der Waals surface area contributed by atoms with Gasteiger partial charge in [-0.1, -0.05) is 24.8 Å². The van der Waals surface area contributed by atoms with Gasteiger partial charge in [0.25, 0.3) is 0 Å². The number of terminal acetylenes is 1. The molecular formula is C19H25N3O. The van der Waals surface area contributed by atoms with Gasteiger partial charge in [0, 0.05) is 23.3 Å². The van der Waals surface area contributed by atoms with Crippen molar-refractivity contribution in [2.75, 3.05) is 11.9 Å². The minimum absolute atomic E-state index is 0.0180. The zero-order valence-electron chi connectivity index (χ0n) is 13.5. The summed E-state index contributed by atoms with van der Waals surface area (Å²) in [6, 6.07) is 7.35. The molecule has 122 valence electrons. The molecule has 1 aromatic carbocycles. The maximum Gasteiger partial charge on any atom is 0.231 e. The second-order valence-corrected chi connectivity index (χ2v) is 7.37. The van der Waals surface area contributed by atoms with Crippen molar-refractivity contribution < 1.29 is 4.79 Å². The van der Waals surface area contributed by atoms with Gasteiger partial charge in [-0.3, -0.25) is 4.79 Å². The first-order valence-electron chi connectivity index (χ1n) is 8.36. The summed E-state index contributed by atoms with van der Waals surface area (Å²) in [6.45, 7) is 0.336. The van der Waals surface area contributed by atoms with Gasteiger partial charge < -0.3 is 16.8 Å². The summed E-state index contributed by atoms with van der Waals surface area (Å²) < 4.78 is 0. The van der Waals surface area contributed by atoms with Gasteiger partial charge in [-0.15, -0.1) is 6.42 Å². The van der Waals surface area contributed by atoms with E-state index in [0.29, 0.717) is 18.9 Å². The summed E-state index contributed by atoms with van der Waals surface area (Å²) in [5.41, 5.74) is 13.3. The van der Waals surface area contributed by atoms with Crippen molar-refractivity contribution in [2.45, 2.75) is 44.1 Å². The van der Waals surface area contributed by atoms with Crippen molar-refractivity contribution in [3.8, 4) is 12.3 Å². The minimum atomic E-state index is -0.565. The molecule has 3 unspecified atom stereocenters. The number of amides is 1. The molecule has 5 N–H and O–H groups in total. The second-order valence-electron chi connectivity index (χ2n) is 7.37. The number of nitrogens with two attached hydrogens (primary N) is 2. The van der Waals surface area contributed by atoms with Crippen LogP contribution in [0.15, 0.2) is 24.3 Å². The molecule has 2 fully saturated rings. The first kappa shape index (κ1) is 16.0. The van der Waals surface area contributed by atoms with E-state index in [9.17, 15) is 4.79 Å². The zero-order chi connectivity index (χ0) is 16.5. The topological polar surface area (TPSA) is 81.1 Å². The number of hydrogen-bond donors (Lipinski definition) is 3. The minimum Gasteiger partial charge on any atom is -0.329 e. The molecule has 1 amide bonds. The maximum absolute atomic E-state index is 13.0. The molecule has 0 heterocycles. The Hall–Kier alpha value is -1.83. The van der Waals surface area contributed by atoms with Crippen LogP contribution in [-0.4, -0.2) is 18.0 Å². The molecule has 4 nitrogen and oxygen atoms in total. The van der Waals surface area contributed by atoms with Crippen molar-refractivity contribution in [3.63, 3.8) is 0 Å². The van der Waals surface area contributed by atoms with Gasteiger partial charge in [-0.25, -0.2) is 0 Å². The van der Waals surface area contributed by atoms with Crippen molar-refractivity contribution in [3.05, 3.63) is 29.8 Å². The van der Waals surface area contributed by atoms with Crippen molar-refractivity contribution in [2.24, 2.45) is 22.8 Å². The summed E-state index contributed by atoms with van der Waals surface area (Å²) >= 11 is 0. The number of nitrogens with one attached hydrogen (secondary N) is 1. The number of carbonyl (C=O) groups is 1. The molecule has 0 radical (unpaired) electrons. The predicted molar refractivity (Wildman–Crippen MR) is 92.6 cm³/mol. The Morgan fingerprint density at radius 1 is 1.43 bits per heavy atom. The summed E-state index contributed by atoms with van der Waals surface area (Å²) in [5, 5.41) is 3.01. The van der Waals surface area contributed by atoms with E-state index in [4.69, 9.17) is 17.9 Å². The largest absolute Gasteiger partial charge is 0.329 e. The Morgan fingerprint density at radius 3 is 2.96 bits per heavy atom. The molecular weight excluding hydrogens is 286 g/mol. The number of benzene rings is 1. The Bertz CT molecular complexity index is 650. The molecule has 2 aliphatic carbocycles. The molecule has 0 saturated heterocycles. The molecule has 2 aliphatic rings. The number of hydrogen-bond acceptors (Lipinski definition) is 3. The van der Waals surface area contributed by atoms with E-state index in [2.05, 4.69) is 11.2 Å². The maximum atomic E-state index is 13.0. The molecule has 0 aliphatic heterocycles. The highest BCUT2D eigenvalue weighted by Gasteiger charge is 2.51. The lowest BCUT2D eigenvalue weighted by Gasteiger charge is -2.51. The third-order valence-electron chi connectivity index (χ3n) is 5.51. The predicted octanol–water partition coefficient (Wildman–Crippen LogP) is 2.23. The van der Waals surface area contributed by atoms with Crippen molar-refractivity contribution in [1.29, 1.82) is 0 Å². The van der Waals surface area contributed by atoms with E-state index < -0.39 is 5.41 Å². The van der Waals surface area contributed by atoms with E-state index >= 15 is 0 Å². The molecule has 0 spiro atoms. The van der Waals surface area contributed by atoms with Crippen LogP contribution in [0.5, 0.6) is 0 Å². The third kappa shape index (κ3) is 3.12. The van der Waals surface area contributed by atoms with E-state index in [1.807, 2.05) is 24.3 Å². The Balaban J connectivity index is 1.82. The number of anilines is 1. The van der Waals surface area contributed by atoms with Crippen molar-refractivity contribution >= 4 is 11.6 Å². The van der Waals surface area contributed by atoms with Gasteiger partial charge in [-0.2, -0.15) is 0 Å². The lowest BCUT2D eigenvalue weighted by atomic mass is 9.57. The molecule has 3 rings (SSSR count). The molecule has 3 atom stereocenters. The standard InChI is InChI=1S/C19H25N3O/c1-2-14-5-3-7-16(9-14)22-17(23)18(13-20)10-15-6-4-8-19(21,11-15)12-18/h1,3,5,7,9,15H,4,6,8,10-13,20-21H2,(H,22,23). The van der Waals surface area contributed by atoms with E-state index in [1.54, 1.807) is 0 Å². The Morgan fingerprint density at radius 2 is 2.26 bits per heavy atom. The lowest BCUT2D eigenvalue weighted by molar-refractivity contribution is -0.130. The second kappa shape index (κ2) is 5.99. The SMILES string of the molecule is C#Cc1cccc(NC(=O)C2(CN)CC3CCCC(N)(C3)C2)c1. The number of rotatable bonds is 3. The molecule has 2 bridgehead atoms. The van der Waals surface area contributed by atoms with Gasteiger partial charge in [-0.05, 0) is 49.8 Å². The van der Waals surface area contributed by atoms with Crippen LogP contribution in [0.25, 0.3) is 0 Å². The first-order chi connectivity index (χ1) is 11.0. The summed E-state index contributed by atoms with van der Waals surface area (Å²) in [5.74, 6) is 3.08. The smallest absolute Gasteiger partial charge is 0.231 e. The Kier molecular flexibility index (Phi) is 4.18. The van der Waals surface area contributed by atoms with Crippen LogP contribution in [0.2, 0.25) is 0 Å². The fourth-order valence-electron chi connectivity index (χ4n) is 4.53. The fourth-order valence-corrected chi connectivity index (χ4v) is 4.53. The quantitative estimate of drug-likeness (QED) is 0.749. The van der Waals surface area contributed by atoms with Crippen LogP contribution >= 0.6 is 0 Å². The third-order valence-corrected chi connectivity index (χ3v) is 5.51. The molecule has 1 aromatic rings. The highest BCUT2D eigenvalue weighted by molar-refractivity contribution is 5.96. The molecule has 2 saturated carbocycles. The monoisotopic (exact) mass is 311 g/mol. The van der Waals surface area contributed by atoms with Crippen LogP contribution in [-0.2, 0) is 4.79 Å². The number of fused-ring (bicyclic) bond motifs is 2. The average Bonchev–Trinajstić information content (AvgIpc) is 2.53. The van der Waals surface area contributed by atoms with E-state index in [-0.39, 0.29) is 11.4 Å². The summed E-state index contributed by atoms with van der Waals surface area (Å²) in [7, 11) is 0. The zero-order valence-corrected chi connectivity index (χ0v) is 13.5. The van der Waals surface area contributed by atoms with Gasteiger partial charge in [0.2, 0.25) is 5.91 Å². The molecule has 4 heteroatoms. The lowest BCUT2D eigenvalue weighted by Crippen LogP contribution is -2.58. The van der Waals surface area contributed by atoms with Crippen LogP contribution in [0.1, 0.15) is 44.1 Å². The summed E-state index contributed by atoms with van der Waals surface area (Å²) in [4.78, 5) is 13.0. The van der Waals surface area contributed by atoms with Crippen molar-refractivity contribution in [1.82, 2.24) is 0 Å². The first-order valence-corrected chi connectivity index (χ1v) is 8.36. The van der Waals surface area contributed by atoms with Crippen LogP contribution in [0.4, 0.5) is 5.69 Å². The van der Waals surface area contributed by atoms with Crippen LogP contribution in [0.3, 0.4) is 0 Å². The normalized spacial score (nSPS) is 32.8. The highest BCUT2D eigenvalue weighted by Crippen LogP contribution is 2.49. The fraction of sp³-hybridized carbons (Fsp3) is 0.526. The van der Waals surface area contributed by atoms with Gasteiger partial charge in [0.15, 0.2) is 0 Å². The van der Waals surface area contributed by atoms with E-state index in [0.717, 1.165) is 43.4 Å². The summed E-state index contributed by atoms with van der Waals surface area (Å²) in [6.07, 6.45) is 11.3. The molecule has 23 heavy (non-hydrogen) atoms. The van der Waals surface area contributed by atoms with Crippen LogP contribution < -0.4 is 16.8 Å². The highest BCUT2D eigenvalue weighted by atomic mass is 16.2. The van der Waals surface area contributed by atoms with E-state index in [1.165, 1.54) is 0 Å². The molecule has 0 aromatic heterocycles. The average molecular weight is 311 g/mol. The van der Waals surface area contributed by atoms with Gasteiger partial charge in [0.05, 0.1) is 5.41 Å². The Labute approximate surface area is 138 Å².